The first-order chi connectivity index (χ1) is 8.98. The maximum Gasteiger partial charge on any atom is 0.240 e. The summed E-state index contributed by atoms with van der Waals surface area (Å²) in [4.78, 5) is 14.4. The van der Waals surface area contributed by atoms with Crippen LogP contribution in [-0.2, 0) is 11.2 Å². The number of para-hydroxylation sites is 1. The lowest BCUT2D eigenvalue weighted by molar-refractivity contribution is -0.123. The molecule has 1 aromatic rings. The van der Waals surface area contributed by atoms with E-state index in [0.717, 1.165) is 24.1 Å². The van der Waals surface area contributed by atoms with Crippen LogP contribution in [0, 0.1) is 5.41 Å². The average molecular weight is 261 g/mol. The highest BCUT2D eigenvalue weighted by molar-refractivity contribution is 6.12. The molecule has 2 rings (SSSR count). The molecule has 0 radical (unpaired) electrons. The van der Waals surface area contributed by atoms with Crippen LogP contribution >= 0.6 is 0 Å². The van der Waals surface area contributed by atoms with Crippen molar-refractivity contribution in [1.82, 2.24) is 0 Å². The third-order valence-electron chi connectivity index (χ3n) is 3.64. The summed E-state index contributed by atoms with van der Waals surface area (Å²) >= 11 is 0. The topological polar surface area (TPSA) is 78.9 Å². The van der Waals surface area contributed by atoms with Crippen LogP contribution < -0.4 is 10.6 Å². The molecule has 0 spiro atoms. The minimum absolute atomic E-state index is 0.0689. The molecule has 0 fully saturated rings. The Morgan fingerprint density at radius 2 is 2.11 bits per heavy atom. The number of nitrogens with zero attached hydrogens (tertiary/aromatic N) is 2. The van der Waals surface area contributed by atoms with Crippen LogP contribution in [0.25, 0.3) is 0 Å². The Labute approximate surface area is 112 Å². The number of aryl methyl sites for hydroxylation is 1. The second kappa shape index (κ2) is 4.91. The molecular formula is C14H19N3O2. The minimum atomic E-state index is -1.01. The first-order valence-corrected chi connectivity index (χ1v) is 6.36. The smallest absolute Gasteiger partial charge is 0.240 e. The van der Waals surface area contributed by atoms with Crippen LogP contribution in [0.1, 0.15) is 25.8 Å². The van der Waals surface area contributed by atoms with E-state index in [2.05, 4.69) is 5.16 Å². The standard InChI is InChI=1S/C14H19N3O2/c1-14(2,12(15)16-19)13(18)17-9-5-7-10-6-3-4-8-11(10)17/h3-4,6,8,19H,5,7,9H2,1-2H3,(H2,15,16). The summed E-state index contributed by atoms with van der Waals surface area (Å²) in [5.74, 6) is -0.212. The van der Waals surface area contributed by atoms with E-state index >= 15 is 0 Å². The number of nitrogens with two attached hydrogens (primary N) is 1. The van der Waals surface area contributed by atoms with Gasteiger partial charge in [-0.05, 0) is 38.3 Å². The number of oxime groups is 1. The van der Waals surface area contributed by atoms with Crippen molar-refractivity contribution in [2.45, 2.75) is 26.7 Å². The second-order valence-corrected chi connectivity index (χ2v) is 5.30. The van der Waals surface area contributed by atoms with Crippen molar-refractivity contribution in [2.75, 3.05) is 11.4 Å². The molecule has 19 heavy (non-hydrogen) atoms. The molecule has 0 unspecified atom stereocenters. The number of fused-ring (bicyclic) bond motifs is 1. The molecule has 0 aliphatic carbocycles. The highest BCUT2D eigenvalue weighted by Crippen LogP contribution is 2.31. The third kappa shape index (κ3) is 2.28. The van der Waals surface area contributed by atoms with Gasteiger partial charge in [-0.3, -0.25) is 4.79 Å². The highest BCUT2D eigenvalue weighted by Gasteiger charge is 2.38. The van der Waals surface area contributed by atoms with E-state index in [1.54, 1.807) is 18.7 Å². The van der Waals surface area contributed by atoms with Gasteiger partial charge in [-0.25, -0.2) is 0 Å². The van der Waals surface area contributed by atoms with Gasteiger partial charge in [0.05, 0.1) is 0 Å². The Morgan fingerprint density at radius 3 is 2.79 bits per heavy atom. The van der Waals surface area contributed by atoms with Crippen LogP contribution in [0.15, 0.2) is 29.4 Å². The lowest BCUT2D eigenvalue weighted by Crippen LogP contribution is -2.49. The maximum absolute atomic E-state index is 12.6. The number of rotatable bonds is 2. The van der Waals surface area contributed by atoms with Gasteiger partial charge in [-0.15, -0.1) is 0 Å². The molecule has 3 N–H and O–H groups in total. The van der Waals surface area contributed by atoms with Crippen molar-refractivity contribution in [1.29, 1.82) is 0 Å². The summed E-state index contributed by atoms with van der Waals surface area (Å²) in [5, 5.41) is 11.8. The fourth-order valence-corrected chi connectivity index (χ4v) is 2.32. The van der Waals surface area contributed by atoms with E-state index in [0.29, 0.717) is 6.54 Å². The van der Waals surface area contributed by atoms with Crippen molar-refractivity contribution < 1.29 is 10.0 Å². The van der Waals surface area contributed by atoms with E-state index in [9.17, 15) is 4.79 Å². The first-order valence-electron chi connectivity index (χ1n) is 6.36. The van der Waals surface area contributed by atoms with Gasteiger partial charge in [0.1, 0.15) is 5.41 Å². The van der Waals surface area contributed by atoms with Gasteiger partial charge in [0.25, 0.3) is 0 Å². The second-order valence-electron chi connectivity index (χ2n) is 5.30. The van der Waals surface area contributed by atoms with Crippen LogP contribution in [0.2, 0.25) is 0 Å². The fraction of sp³-hybridized carbons (Fsp3) is 0.429. The molecule has 5 heteroatoms. The number of carbonyl (C=O) groups excluding carboxylic acids is 1. The third-order valence-corrected chi connectivity index (χ3v) is 3.64. The Kier molecular flexibility index (Phi) is 3.46. The van der Waals surface area contributed by atoms with E-state index in [1.807, 2.05) is 24.3 Å². The van der Waals surface area contributed by atoms with Crippen molar-refractivity contribution in [3.05, 3.63) is 29.8 Å². The molecule has 0 saturated carbocycles. The summed E-state index contributed by atoms with van der Waals surface area (Å²) in [6.07, 6.45) is 1.90. The summed E-state index contributed by atoms with van der Waals surface area (Å²) < 4.78 is 0. The van der Waals surface area contributed by atoms with Gasteiger partial charge in [-0.2, -0.15) is 0 Å². The molecule has 1 aromatic carbocycles. The summed E-state index contributed by atoms with van der Waals surface area (Å²) in [7, 11) is 0. The van der Waals surface area contributed by atoms with E-state index in [4.69, 9.17) is 10.9 Å². The first kappa shape index (κ1) is 13.4. The average Bonchev–Trinajstić information content (AvgIpc) is 2.44. The van der Waals surface area contributed by atoms with Crippen LogP contribution in [0.3, 0.4) is 0 Å². The molecule has 0 bridgehead atoms. The van der Waals surface area contributed by atoms with Crippen molar-refractivity contribution in [3.63, 3.8) is 0 Å². The number of carbonyl (C=O) groups is 1. The molecule has 102 valence electrons. The molecule has 1 heterocycles. The SMILES string of the molecule is CC(C)(C(=O)N1CCCc2ccccc21)C(N)=NO. The normalized spacial score (nSPS) is 16.1. The fourth-order valence-electron chi connectivity index (χ4n) is 2.32. The zero-order valence-electron chi connectivity index (χ0n) is 11.3. The number of benzene rings is 1. The molecular weight excluding hydrogens is 242 g/mol. The summed E-state index contributed by atoms with van der Waals surface area (Å²) in [6.45, 7) is 4.00. The summed E-state index contributed by atoms with van der Waals surface area (Å²) in [6, 6.07) is 7.86. The van der Waals surface area contributed by atoms with Gasteiger partial charge < -0.3 is 15.8 Å². The number of amidine groups is 1. The van der Waals surface area contributed by atoms with Crippen LogP contribution in [0.5, 0.6) is 0 Å². The zero-order valence-corrected chi connectivity index (χ0v) is 11.3. The maximum atomic E-state index is 12.6. The summed E-state index contributed by atoms with van der Waals surface area (Å²) in [5.41, 5.74) is 6.71. The van der Waals surface area contributed by atoms with E-state index in [1.165, 1.54) is 0 Å². The Morgan fingerprint density at radius 1 is 1.42 bits per heavy atom. The number of anilines is 1. The number of hydrogen-bond acceptors (Lipinski definition) is 3. The largest absolute Gasteiger partial charge is 0.409 e. The lowest BCUT2D eigenvalue weighted by Gasteiger charge is -2.35. The zero-order chi connectivity index (χ0) is 14.0. The van der Waals surface area contributed by atoms with E-state index < -0.39 is 5.41 Å². The molecule has 1 aliphatic rings. The van der Waals surface area contributed by atoms with Crippen LogP contribution in [-0.4, -0.2) is 23.5 Å². The Balaban J connectivity index is 2.37. The number of amides is 1. The number of hydrogen-bond donors (Lipinski definition) is 2. The molecule has 0 atom stereocenters. The van der Waals surface area contributed by atoms with E-state index in [-0.39, 0.29) is 11.7 Å². The van der Waals surface area contributed by atoms with Crippen molar-refractivity contribution >= 4 is 17.4 Å². The molecule has 1 amide bonds. The van der Waals surface area contributed by atoms with Crippen molar-refractivity contribution in [2.24, 2.45) is 16.3 Å². The highest BCUT2D eigenvalue weighted by atomic mass is 16.4. The quantitative estimate of drug-likeness (QED) is 0.368. The van der Waals surface area contributed by atoms with Gasteiger partial charge in [0.2, 0.25) is 5.91 Å². The van der Waals surface area contributed by atoms with Gasteiger partial charge >= 0.3 is 0 Å². The predicted molar refractivity (Wildman–Crippen MR) is 74.3 cm³/mol. The Bertz CT molecular complexity index is 523. The lowest BCUT2D eigenvalue weighted by atomic mass is 9.88. The predicted octanol–water partition coefficient (Wildman–Crippen LogP) is 1.74. The molecule has 0 saturated heterocycles. The molecule has 5 nitrogen and oxygen atoms in total. The van der Waals surface area contributed by atoms with Crippen LogP contribution in [0.4, 0.5) is 5.69 Å². The molecule has 1 aliphatic heterocycles. The van der Waals surface area contributed by atoms with Gasteiger partial charge in [-0.1, -0.05) is 23.4 Å². The van der Waals surface area contributed by atoms with Crippen molar-refractivity contribution in [3.8, 4) is 0 Å². The molecule has 0 aromatic heterocycles. The Hall–Kier alpha value is -2.04. The minimum Gasteiger partial charge on any atom is -0.409 e. The van der Waals surface area contributed by atoms with Gasteiger partial charge in [0, 0.05) is 12.2 Å². The van der Waals surface area contributed by atoms with Gasteiger partial charge in [0.15, 0.2) is 5.84 Å². The monoisotopic (exact) mass is 261 g/mol.